The Morgan fingerprint density at radius 3 is 2.45 bits per heavy atom. The summed E-state index contributed by atoms with van der Waals surface area (Å²) in [6, 6.07) is 18.0. The van der Waals surface area contributed by atoms with Gasteiger partial charge in [0.25, 0.3) is 5.91 Å². The van der Waals surface area contributed by atoms with Crippen LogP contribution in [0.3, 0.4) is 0 Å². The summed E-state index contributed by atoms with van der Waals surface area (Å²) in [6.45, 7) is 2.19. The Hall–Kier alpha value is -3.18. The van der Waals surface area contributed by atoms with E-state index in [1.807, 2.05) is 37.3 Å². The van der Waals surface area contributed by atoms with Crippen LogP contribution >= 0.6 is 11.6 Å². The van der Waals surface area contributed by atoms with E-state index in [1.54, 1.807) is 44.6 Å². The van der Waals surface area contributed by atoms with Gasteiger partial charge >= 0.3 is 0 Å². The summed E-state index contributed by atoms with van der Waals surface area (Å²) >= 11 is 6.00. The maximum atomic E-state index is 12.8. The highest BCUT2D eigenvalue weighted by Gasteiger charge is 2.13. The second-order valence-corrected chi connectivity index (χ2v) is 6.87. The number of halogens is 1. The van der Waals surface area contributed by atoms with Crippen molar-refractivity contribution in [1.82, 2.24) is 0 Å². The molecule has 3 rings (SSSR count). The third-order valence-corrected chi connectivity index (χ3v) is 4.57. The maximum Gasteiger partial charge on any atom is 0.255 e. The molecule has 0 bridgehead atoms. The molecular weight excluding hydrogens is 390 g/mol. The first-order chi connectivity index (χ1) is 14.0. The van der Waals surface area contributed by atoms with Gasteiger partial charge in [0.05, 0.1) is 19.9 Å². The number of nitrogens with one attached hydrogen (secondary N) is 1. The van der Waals surface area contributed by atoms with Gasteiger partial charge in [-0.05, 0) is 61.0 Å². The van der Waals surface area contributed by atoms with E-state index in [1.165, 1.54) is 0 Å². The van der Waals surface area contributed by atoms with E-state index < -0.39 is 0 Å². The number of carbonyl (C=O) groups excluding carboxylic acids is 1. The molecule has 0 spiro atoms. The lowest BCUT2D eigenvalue weighted by Crippen LogP contribution is -2.13. The molecule has 0 saturated carbocycles. The van der Waals surface area contributed by atoms with Gasteiger partial charge in [0.1, 0.15) is 23.9 Å². The van der Waals surface area contributed by atoms with Crippen molar-refractivity contribution in [1.29, 1.82) is 0 Å². The molecule has 29 heavy (non-hydrogen) atoms. The topological polar surface area (TPSA) is 56.8 Å². The SMILES string of the molecule is COc1ccc(C(=O)Nc2cc(C)ccc2OC)cc1COc1cccc(Cl)c1. The number of benzene rings is 3. The molecule has 0 unspecified atom stereocenters. The molecule has 0 fully saturated rings. The quantitative estimate of drug-likeness (QED) is 0.558. The smallest absolute Gasteiger partial charge is 0.255 e. The average molecular weight is 412 g/mol. The van der Waals surface area contributed by atoms with E-state index in [4.69, 9.17) is 25.8 Å². The lowest BCUT2D eigenvalue weighted by Gasteiger charge is -2.14. The number of anilines is 1. The van der Waals surface area contributed by atoms with Crippen LogP contribution in [0.2, 0.25) is 5.02 Å². The standard InChI is InChI=1S/C23H22ClNO4/c1-15-7-9-22(28-3)20(11-15)25-23(26)16-8-10-21(27-2)17(12-16)14-29-19-6-4-5-18(24)13-19/h4-13H,14H2,1-3H3,(H,25,26). The summed E-state index contributed by atoms with van der Waals surface area (Å²) in [5.74, 6) is 1.62. The van der Waals surface area contributed by atoms with Gasteiger partial charge in [0.15, 0.2) is 0 Å². The second-order valence-electron chi connectivity index (χ2n) is 6.43. The van der Waals surface area contributed by atoms with Crippen molar-refractivity contribution >= 4 is 23.2 Å². The summed E-state index contributed by atoms with van der Waals surface area (Å²) < 4.78 is 16.5. The number of amides is 1. The van der Waals surface area contributed by atoms with Crippen molar-refractivity contribution in [3.05, 3.63) is 82.4 Å². The van der Waals surface area contributed by atoms with E-state index in [9.17, 15) is 4.79 Å². The minimum absolute atomic E-state index is 0.235. The predicted octanol–water partition coefficient (Wildman–Crippen LogP) is 5.50. The van der Waals surface area contributed by atoms with Gasteiger partial charge in [-0.15, -0.1) is 0 Å². The summed E-state index contributed by atoms with van der Waals surface area (Å²) in [4.78, 5) is 12.8. The monoisotopic (exact) mass is 411 g/mol. The third-order valence-electron chi connectivity index (χ3n) is 4.34. The van der Waals surface area contributed by atoms with Crippen LogP contribution in [-0.4, -0.2) is 20.1 Å². The molecule has 150 valence electrons. The first-order valence-electron chi connectivity index (χ1n) is 9.01. The van der Waals surface area contributed by atoms with Crippen LogP contribution in [0, 0.1) is 6.92 Å². The molecule has 1 amide bonds. The minimum atomic E-state index is -0.249. The highest BCUT2D eigenvalue weighted by atomic mass is 35.5. The molecule has 0 aromatic heterocycles. The van der Waals surface area contributed by atoms with E-state index >= 15 is 0 Å². The average Bonchev–Trinajstić information content (AvgIpc) is 2.72. The molecule has 0 atom stereocenters. The molecule has 3 aromatic carbocycles. The number of methoxy groups -OCH3 is 2. The predicted molar refractivity (Wildman–Crippen MR) is 114 cm³/mol. The molecule has 1 N–H and O–H groups in total. The summed E-state index contributed by atoms with van der Waals surface area (Å²) in [6.07, 6.45) is 0. The summed E-state index contributed by atoms with van der Waals surface area (Å²) in [7, 11) is 3.15. The van der Waals surface area contributed by atoms with E-state index in [0.29, 0.717) is 33.5 Å². The van der Waals surface area contributed by atoms with Crippen molar-refractivity contribution in [2.75, 3.05) is 19.5 Å². The van der Waals surface area contributed by atoms with Crippen LogP contribution in [0.15, 0.2) is 60.7 Å². The second kappa shape index (κ2) is 9.34. The van der Waals surface area contributed by atoms with Gasteiger partial charge in [-0.2, -0.15) is 0 Å². The fourth-order valence-electron chi connectivity index (χ4n) is 2.86. The van der Waals surface area contributed by atoms with Gasteiger partial charge in [-0.3, -0.25) is 4.79 Å². The van der Waals surface area contributed by atoms with Crippen molar-refractivity contribution < 1.29 is 19.0 Å². The zero-order chi connectivity index (χ0) is 20.8. The number of rotatable bonds is 7. The number of hydrogen-bond donors (Lipinski definition) is 1. The van der Waals surface area contributed by atoms with Gasteiger partial charge in [0.2, 0.25) is 0 Å². The lowest BCUT2D eigenvalue weighted by molar-refractivity contribution is 0.102. The van der Waals surface area contributed by atoms with Crippen molar-refractivity contribution in [3.63, 3.8) is 0 Å². The highest BCUT2D eigenvalue weighted by Crippen LogP contribution is 2.27. The zero-order valence-corrected chi connectivity index (χ0v) is 17.2. The summed E-state index contributed by atoms with van der Waals surface area (Å²) in [5, 5.41) is 3.49. The third kappa shape index (κ3) is 5.21. The number of aryl methyl sites for hydroxylation is 1. The van der Waals surface area contributed by atoms with Gasteiger partial charge < -0.3 is 19.5 Å². The number of ether oxygens (including phenoxy) is 3. The van der Waals surface area contributed by atoms with Crippen LogP contribution in [0.4, 0.5) is 5.69 Å². The first kappa shape index (κ1) is 20.6. The molecule has 0 aliphatic carbocycles. The Bertz CT molecular complexity index is 1020. The van der Waals surface area contributed by atoms with Crippen molar-refractivity contribution in [3.8, 4) is 17.2 Å². The Morgan fingerprint density at radius 1 is 0.966 bits per heavy atom. The number of hydrogen-bond acceptors (Lipinski definition) is 4. The molecule has 0 saturated heterocycles. The van der Waals surface area contributed by atoms with Crippen LogP contribution in [0.1, 0.15) is 21.5 Å². The van der Waals surface area contributed by atoms with Gasteiger partial charge in [-0.25, -0.2) is 0 Å². The fourth-order valence-corrected chi connectivity index (χ4v) is 3.04. The molecule has 0 aliphatic rings. The van der Waals surface area contributed by atoms with E-state index in [2.05, 4.69) is 5.32 Å². The van der Waals surface area contributed by atoms with E-state index in [0.717, 1.165) is 11.1 Å². The maximum absolute atomic E-state index is 12.8. The van der Waals surface area contributed by atoms with Crippen LogP contribution in [0.5, 0.6) is 17.2 Å². The summed E-state index contributed by atoms with van der Waals surface area (Å²) in [5.41, 5.74) is 2.87. The zero-order valence-electron chi connectivity index (χ0n) is 16.5. The Labute approximate surface area is 175 Å². The van der Waals surface area contributed by atoms with Crippen molar-refractivity contribution in [2.45, 2.75) is 13.5 Å². The Kier molecular flexibility index (Phi) is 6.62. The normalized spacial score (nSPS) is 10.3. The van der Waals surface area contributed by atoms with Crippen molar-refractivity contribution in [2.24, 2.45) is 0 Å². The first-order valence-corrected chi connectivity index (χ1v) is 9.39. The molecule has 0 radical (unpaired) electrons. The van der Waals surface area contributed by atoms with Crippen LogP contribution in [-0.2, 0) is 6.61 Å². The Balaban J connectivity index is 1.80. The van der Waals surface area contributed by atoms with Crippen LogP contribution in [0.25, 0.3) is 0 Å². The molecule has 6 heteroatoms. The van der Waals surface area contributed by atoms with E-state index in [-0.39, 0.29) is 12.5 Å². The molecule has 0 heterocycles. The molecule has 3 aromatic rings. The Morgan fingerprint density at radius 2 is 1.72 bits per heavy atom. The molecule has 0 aliphatic heterocycles. The molecule has 5 nitrogen and oxygen atoms in total. The minimum Gasteiger partial charge on any atom is -0.496 e. The van der Waals surface area contributed by atoms with Gasteiger partial charge in [-0.1, -0.05) is 23.7 Å². The fraction of sp³-hybridized carbons (Fsp3) is 0.174. The van der Waals surface area contributed by atoms with Crippen LogP contribution < -0.4 is 19.5 Å². The number of carbonyl (C=O) groups is 1. The van der Waals surface area contributed by atoms with Gasteiger partial charge in [0, 0.05) is 16.1 Å². The molecular formula is C23H22ClNO4. The largest absolute Gasteiger partial charge is 0.496 e. The lowest BCUT2D eigenvalue weighted by atomic mass is 10.1. The highest BCUT2D eigenvalue weighted by molar-refractivity contribution is 6.30.